The summed E-state index contributed by atoms with van der Waals surface area (Å²) in [5, 5.41) is 0. The van der Waals surface area contributed by atoms with Crippen molar-refractivity contribution in [3.8, 4) is 5.75 Å². The highest BCUT2D eigenvalue weighted by Crippen LogP contribution is 2.25. The van der Waals surface area contributed by atoms with Crippen LogP contribution in [-0.2, 0) is 27.2 Å². The van der Waals surface area contributed by atoms with E-state index in [-0.39, 0.29) is 35.7 Å². The van der Waals surface area contributed by atoms with E-state index in [1.54, 1.807) is 29.2 Å². The number of amides is 1. The molecule has 2 aromatic carbocycles. The Morgan fingerprint density at radius 2 is 1.94 bits per heavy atom. The molecule has 0 radical (unpaired) electrons. The number of halogens is 2. The van der Waals surface area contributed by atoms with E-state index >= 15 is 0 Å². The normalized spacial score (nSPS) is 17.5. The molecule has 7 nitrogen and oxygen atoms in total. The molecule has 1 heterocycles. The Morgan fingerprint density at radius 1 is 1.23 bits per heavy atom. The third-order valence-electron chi connectivity index (χ3n) is 5.06. The SMILES string of the molecule is C[C@@H]1CN(Cc2ccc(F)cc2)CCN1C(=O)COc1ccc(Br)cc1CS(=O)(=O)O. The highest BCUT2D eigenvalue weighted by atomic mass is 79.9. The van der Waals surface area contributed by atoms with Gasteiger partial charge in [0.05, 0.1) is 0 Å². The van der Waals surface area contributed by atoms with Crippen LogP contribution in [0.1, 0.15) is 18.1 Å². The predicted octanol–water partition coefficient (Wildman–Crippen LogP) is 3.09. The van der Waals surface area contributed by atoms with Crippen molar-refractivity contribution in [2.24, 2.45) is 0 Å². The first-order chi connectivity index (χ1) is 14.6. The molecule has 1 aliphatic heterocycles. The van der Waals surface area contributed by atoms with E-state index in [2.05, 4.69) is 20.8 Å². The van der Waals surface area contributed by atoms with Crippen LogP contribution in [0.4, 0.5) is 4.39 Å². The zero-order chi connectivity index (χ0) is 22.6. The van der Waals surface area contributed by atoms with Gasteiger partial charge in [0.15, 0.2) is 6.61 Å². The first-order valence-electron chi connectivity index (χ1n) is 9.73. The summed E-state index contributed by atoms with van der Waals surface area (Å²) in [5.41, 5.74) is 1.28. The number of hydrogen-bond donors (Lipinski definition) is 1. The van der Waals surface area contributed by atoms with Gasteiger partial charge in [-0.15, -0.1) is 0 Å². The smallest absolute Gasteiger partial charge is 0.269 e. The molecule has 1 atom stereocenters. The second-order valence-electron chi connectivity index (χ2n) is 7.56. The molecule has 1 saturated heterocycles. The fraction of sp³-hybridized carbons (Fsp3) is 0.381. The van der Waals surface area contributed by atoms with Crippen molar-refractivity contribution in [1.29, 1.82) is 0 Å². The summed E-state index contributed by atoms with van der Waals surface area (Å²) in [6.07, 6.45) is 0. The largest absolute Gasteiger partial charge is 0.483 e. The van der Waals surface area contributed by atoms with E-state index in [1.165, 1.54) is 18.2 Å². The van der Waals surface area contributed by atoms with Gasteiger partial charge in [0.1, 0.15) is 17.3 Å². The lowest BCUT2D eigenvalue weighted by Crippen LogP contribution is -2.54. The molecule has 0 saturated carbocycles. The summed E-state index contributed by atoms with van der Waals surface area (Å²) in [5.74, 6) is -0.835. The Hall–Kier alpha value is -2.01. The van der Waals surface area contributed by atoms with E-state index in [4.69, 9.17) is 9.29 Å². The molecule has 0 bridgehead atoms. The monoisotopic (exact) mass is 514 g/mol. The highest BCUT2D eigenvalue weighted by molar-refractivity contribution is 9.10. The van der Waals surface area contributed by atoms with Crippen molar-refractivity contribution in [3.05, 3.63) is 63.9 Å². The van der Waals surface area contributed by atoms with Gasteiger partial charge in [-0.2, -0.15) is 8.42 Å². The zero-order valence-corrected chi connectivity index (χ0v) is 19.4. The Labute approximate surface area is 189 Å². The van der Waals surface area contributed by atoms with Crippen LogP contribution in [0.15, 0.2) is 46.9 Å². The Kier molecular flexibility index (Phi) is 7.68. The Morgan fingerprint density at radius 3 is 2.58 bits per heavy atom. The van der Waals surface area contributed by atoms with Gasteiger partial charge in [-0.1, -0.05) is 28.1 Å². The minimum Gasteiger partial charge on any atom is -0.483 e. The molecule has 1 fully saturated rings. The average Bonchev–Trinajstić information content (AvgIpc) is 2.68. The van der Waals surface area contributed by atoms with E-state index in [0.29, 0.717) is 30.7 Å². The number of hydrogen-bond acceptors (Lipinski definition) is 5. The third kappa shape index (κ3) is 6.99. The number of nitrogens with zero attached hydrogens (tertiary/aromatic N) is 2. The summed E-state index contributed by atoms with van der Waals surface area (Å²) >= 11 is 3.26. The second kappa shape index (κ2) is 10.1. The molecule has 168 valence electrons. The lowest BCUT2D eigenvalue weighted by molar-refractivity contribution is -0.138. The maximum absolute atomic E-state index is 13.1. The summed E-state index contributed by atoms with van der Waals surface area (Å²) in [7, 11) is -4.24. The molecular formula is C21H24BrFN2O5S. The van der Waals surface area contributed by atoms with E-state index in [9.17, 15) is 17.6 Å². The molecule has 2 aromatic rings. The van der Waals surface area contributed by atoms with E-state index < -0.39 is 15.9 Å². The molecule has 1 N–H and O–H groups in total. The quantitative estimate of drug-likeness (QED) is 0.571. The maximum Gasteiger partial charge on any atom is 0.269 e. The molecular weight excluding hydrogens is 491 g/mol. The van der Waals surface area contributed by atoms with Gasteiger partial charge in [0.2, 0.25) is 0 Å². The van der Waals surface area contributed by atoms with Crippen LogP contribution in [0.3, 0.4) is 0 Å². The first-order valence-corrected chi connectivity index (χ1v) is 12.1. The van der Waals surface area contributed by atoms with Crippen molar-refractivity contribution in [2.75, 3.05) is 26.2 Å². The lowest BCUT2D eigenvalue weighted by Gasteiger charge is -2.39. The summed E-state index contributed by atoms with van der Waals surface area (Å²) < 4.78 is 51.0. The van der Waals surface area contributed by atoms with Crippen LogP contribution in [0.2, 0.25) is 0 Å². The fourth-order valence-corrected chi connectivity index (χ4v) is 4.64. The Bertz CT molecular complexity index is 1030. The molecule has 10 heteroatoms. The molecule has 1 aliphatic rings. The van der Waals surface area contributed by atoms with Gasteiger partial charge in [-0.3, -0.25) is 14.2 Å². The minimum absolute atomic E-state index is 0.0347. The van der Waals surface area contributed by atoms with Crippen LogP contribution < -0.4 is 4.74 Å². The molecule has 3 rings (SSSR count). The molecule has 0 unspecified atom stereocenters. The average molecular weight is 515 g/mol. The van der Waals surface area contributed by atoms with Crippen LogP contribution in [-0.4, -0.2) is 61.0 Å². The number of ether oxygens (including phenoxy) is 1. The molecule has 31 heavy (non-hydrogen) atoms. The van der Waals surface area contributed by atoms with Crippen LogP contribution in [0.25, 0.3) is 0 Å². The summed E-state index contributed by atoms with van der Waals surface area (Å²) in [6, 6.07) is 11.1. The van der Waals surface area contributed by atoms with Gasteiger partial charge in [0, 0.05) is 42.3 Å². The number of carbonyl (C=O) groups is 1. The number of benzene rings is 2. The minimum atomic E-state index is -4.24. The molecule has 0 aliphatic carbocycles. The lowest BCUT2D eigenvalue weighted by atomic mass is 10.1. The third-order valence-corrected chi connectivity index (χ3v) is 6.23. The zero-order valence-electron chi connectivity index (χ0n) is 17.0. The van der Waals surface area contributed by atoms with E-state index in [1.807, 2.05) is 6.92 Å². The van der Waals surface area contributed by atoms with Gasteiger partial charge in [-0.05, 0) is 42.8 Å². The summed E-state index contributed by atoms with van der Waals surface area (Å²) in [4.78, 5) is 16.7. The molecule has 1 amide bonds. The second-order valence-corrected chi connectivity index (χ2v) is 9.93. The predicted molar refractivity (Wildman–Crippen MR) is 118 cm³/mol. The van der Waals surface area contributed by atoms with E-state index in [0.717, 1.165) is 5.56 Å². The summed E-state index contributed by atoms with van der Waals surface area (Å²) in [6.45, 7) is 4.29. The molecule has 0 aromatic heterocycles. The van der Waals surface area contributed by atoms with Crippen molar-refractivity contribution >= 4 is 32.0 Å². The van der Waals surface area contributed by atoms with Crippen LogP contribution >= 0.6 is 15.9 Å². The van der Waals surface area contributed by atoms with Gasteiger partial charge < -0.3 is 9.64 Å². The van der Waals surface area contributed by atoms with Crippen molar-refractivity contribution in [1.82, 2.24) is 9.80 Å². The van der Waals surface area contributed by atoms with Crippen molar-refractivity contribution in [2.45, 2.75) is 25.3 Å². The number of rotatable bonds is 7. The molecule has 0 spiro atoms. The van der Waals surface area contributed by atoms with Crippen molar-refractivity contribution < 1.29 is 26.9 Å². The van der Waals surface area contributed by atoms with Crippen LogP contribution in [0.5, 0.6) is 5.75 Å². The number of carbonyl (C=O) groups excluding carboxylic acids is 1. The van der Waals surface area contributed by atoms with Gasteiger partial charge in [-0.25, -0.2) is 4.39 Å². The fourth-order valence-electron chi connectivity index (χ4n) is 3.62. The highest BCUT2D eigenvalue weighted by Gasteiger charge is 2.28. The first kappa shape index (κ1) is 23.6. The Balaban J connectivity index is 1.56. The standard InChI is InChI=1S/C21H24BrFN2O5S/c1-15-11-24(12-16-2-5-19(23)6-3-16)8-9-25(15)21(26)13-30-20-7-4-18(22)10-17(20)14-31(27,28)29/h2-7,10,15H,8-9,11-14H2,1H3,(H,27,28,29)/t15-/m1/s1. The van der Waals surface area contributed by atoms with Gasteiger partial charge >= 0.3 is 0 Å². The topological polar surface area (TPSA) is 87.2 Å². The van der Waals surface area contributed by atoms with Crippen molar-refractivity contribution in [3.63, 3.8) is 0 Å². The number of piperazine rings is 1. The van der Waals surface area contributed by atoms with Crippen LogP contribution in [0, 0.1) is 5.82 Å². The van der Waals surface area contributed by atoms with Gasteiger partial charge in [0.25, 0.3) is 16.0 Å². The maximum atomic E-state index is 13.1.